The van der Waals surface area contributed by atoms with Crippen molar-refractivity contribution in [2.24, 2.45) is 9.98 Å². The molecule has 0 aliphatic heterocycles. The van der Waals surface area contributed by atoms with Crippen LogP contribution in [0.1, 0.15) is 0 Å². The van der Waals surface area contributed by atoms with Crippen molar-refractivity contribution in [3.05, 3.63) is 48.5 Å². The van der Waals surface area contributed by atoms with Gasteiger partial charge in [-0.2, -0.15) is 0 Å². The van der Waals surface area contributed by atoms with Gasteiger partial charge in [0.25, 0.3) is 0 Å². The van der Waals surface area contributed by atoms with Crippen molar-refractivity contribution in [1.82, 2.24) is 0 Å². The normalized spacial score (nSPS) is 9.80. The van der Waals surface area contributed by atoms with Crippen LogP contribution in [0.2, 0.25) is 0 Å². The van der Waals surface area contributed by atoms with E-state index in [1.54, 1.807) is 0 Å². The summed E-state index contributed by atoms with van der Waals surface area (Å²) in [6.07, 6.45) is 0. The molecule has 0 saturated heterocycles. The fraction of sp³-hybridized carbons (Fsp3) is 0.125. The summed E-state index contributed by atoms with van der Waals surface area (Å²) in [7, 11) is 0. The highest BCUT2D eigenvalue weighted by Crippen LogP contribution is 2.24. The van der Waals surface area contributed by atoms with Gasteiger partial charge in [-0.1, -0.05) is 24.3 Å². The molecule has 0 heterocycles. The van der Waals surface area contributed by atoms with Crippen LogP contribution in [0.3, 0.4) is 0 Å². The van der Waals surface area contributed by atoms with Crippen molar-refractivity contribution in [2.45, 2.75) is 0 Å². The van der Waals surface area contributed by atoms with Crippen molar-refractivity contribution < 1.29 is 0 Å². The molecule has 2 aromatic rings. The van der Waals surface area contributed by atoms with Crippen LogP contribution in [0, 0.1) is 0 Å². The van der Waals surface area contributed by atoms with Crippen LogP contribution >= 0.6 is 0 Å². The molecule has 0 amide bonds. The second-order valence-electron chi connectivity index (χ2n) is 4.20. The smallest absolute Gasteiger partial charge is 0.0853 e. The van der Waals surface area contributed by atoms with Crippen LogP contribution < -0.4 is 10.6 Å². The molecule has 20 heavy (non-hydrogen) atoms. The van der Waals surface area contributed by atoms with Crippen molar-refractivity contribution >= 4 is 36.2 Å². The number of rotatable bonds is 7. The molecule has 2 N–H and O–H groups in total. The summed E-state index contributed by atoms with van der Waals surface area (Å²) >= 11 is 0. The van der Waals surface area contributed by atoms with E-state index in [0.29, 0.717) is 0 Å². The van der Waals surface area contributed by atoms with E-state index in [4.69, 9.17) is 0 Å². The molecule has 2 aromatic carbocycles. The average molecular weight is 266 g/mol. The number of aliphatic imine (C=N–C) groups is 2. The molecule has 2 rings (SSSR count). The molecule has 0 atom stereocenters. The highest BCUT2D eigenvalue weighted by Gasteiger charge is 2.00. The van der Waals surface area contributed by atoms with Crippen LogP contribution in [0.4, 0.5) is 22.7 Å². The quantitative estimate of drug-likeness (QED) is 0.590. The number of para-hydroxylation sites is 4. The lowest BCUT2D eigenvalue weighted by Gasteiger charge is -2.11. The minimum Gasteiger partial charge on any atom is -0.382 e. The van der Waals surface area contributed by atoms with E-state index >= 15 is 0 Å². The predicted molar refractivity (Wildman–Crippen MR) is 88.3 cm³/mol. The van der Waals surface area contributed by atoms with Gasteiger partial charge in [0.05, 0.1) is 22.7 Å². The first kappa shape index (κ1) is 13.8. The number of nitrogens with zero attached hydrogens (tertiary/aromatic N) is 2. The van der Waals surface area contributed by atoms with Crippen LogP contribution in [0.5, 0.6) is 0 Å². The summed E-state index contributed by atoms with van der Waals surface area (Å²) in [6, 6.07) is 15.7. The fourth-order valence-corrected chi connectivity index (χ4v) is 1.92. The number of anilines is 2. The molecule has 0 saturated carbocycles. The summed E-state index contributed by atoms with van der Waals surface area (Å²) in [5.41, 5.74) is 3.69. The molecule has 0 bridgehead atoms. The first-order chi connectivity index (χ1) is 9.85. The minimum atomic E-state index is 0.776. The topological polar surface area (TPSA) is 48.8 Å². The van der Waals surface area contributed by atoms with Gasteiger partial charge >= 0.3 is 0 Å². The number of hydrogen-bond acceptors (Lipinski definition) is 4. The van der Waals surface area contributed by atoms with E-state index in [0.717, 1.165) is 35.8 Å². The highest BCUT2D eigenvalue weighted by atomic mass is 15.0. The molecule has 0 unspecified atom stereocenters. The van der Waals surface area contributed by atoms with E-state index < -0.39 is 0 Å². The lowest BCUT2D eigenvalue weighted by molar-refractivity contribution is 1.08. The van der Waals surface area contributed by atoms with E-state index in [2.05, 4.69) is 34.1 Å². The summed E-state index contributed by atoms with van der Waals surface area (Å²) in [5.74, 6) is 0. The Morgan fingerprint density at radius 3 is 1.50 bits per heavy atom. The van der Waals surface area contributed by atoms with Gasteiger partial charge in [0.15, 0.2) is 0 Å². The van der Waals surface area contributed by atoms with Gasteiger partial charge in [0, 0.05) is 13.1 Å². The van der Waals surface area contributed by atoms with Gasteiger partial charge in [-0.05, 0) is 37.7 Å². The van der Waals surface area contributed by atoms with Gasteiger partial charge < -0.3 is 10.6 Å². The predicted octanol–water partition coefficient (Wildman–Crippen LogP) is 3.87. The molecule has 0 aliphatic carbocycles. The SMILES string of the molecule is C=Nc1ccccc1NCCNc1ccccc1N=C. The molecule has 0 spiro atoms. The zero-order valence-electron chi connectivity index (χ0n) is 11.3. The highest BCUT2D eigenvalue weighted by molar-refractivity contribution is 5.68. The first-order valence-corrected chi connectivity index (χ1v) is 6.44. The van der Waals surface area contributed by atoms with E-state index in [1.807, 2.05) is 48.5 Å². The molecular weight excluding hydrogens is 248 g/mol. The minimum absolute atomic E-state index is 0.776. The summed E-state index contributed by atoms with van der Waals surface area (Å²) in [5, 5.41) is 6.66. The molecule has 0 aromatic heterocycles. The van der Waals surface area contributed by atoms with E-state index in [-0.39, 0.29) is 0 Å². The first-order valence-electron chi connectivity index (χ1n) is 6.44. The molecular formula is C16H18N4. The molecule has 4 nitrogen and oxygen atoms in total. The number of hydrogen-bond donors (Lipinski definition) is 2. The average Bonchev–Trinajstić information content (AvgIpc) is 2.52. The second-order valence-corrected chi connectivity index (χ2v) is 4.20. The maximum absolute atomic E-state index is 3.98. The Labute approximate surface area is 119 Å². The van der Waals surface area contributed by atoms with Crippen LogP contribution in [-0.2, 0) is 0 Å². The largest absolute Gasteiger partial charge is 0.382 e. The lowest BCUT2D eigenvalue weighted by Crippen LogP contribution is -2.13. The van der Waals surface area contributed by atoms with Crippen LogP contribution in [-0.4, -0.2) is 26.5 Å². The third kappa shape index (κ3) is 3.45. The molecule has 102 valence electrons. The van der Waals surface area contributed by atoms with Gasteiger partial charge in [0.2, 0.25) is 0 Å². The van der Waals surface area contributed by atoms with Crippen LogP contribution in [0.25, 0.3) is 0 Å². The summed E-state index contributed by atoms with van der Waals surface area (Å²) in [4.78, 5) is 7.96. The Bertz CT molecular complexity index is 539. The third-order valence-corrected chi connectivity index (χ3v) is 2.90. The maximum Gasteiger partial charge on any atom is 0.0853 e. The van der Waals surface area contributed by atoms with Crippen LogP contribution in [0.15, 0.2) is 58.5 Å². The number of nitrogens with one attached hydrogen (secondary N) is 2. The zero-order valence-corrected chi connectivity index (χ0v) is 11.3. The Hall–Kier alpha value is -2.62. The molecule has 0 radical (unpaired) electrons. The van der Waals surface area contributed by atoms with E-state index in [1.165, 1.54) is 0 Å². The van der Waals surface area contributed by atoms with E-state index in [9.17, 15) is 0 Å². The summed E-state index contributed by atoms with van der Waals surface area (Å²) in [6.45, 7) is 8.68. The molecule has 0 fully saturated rings. The van der Waals surface area contributed by atoms with Gasteiger partial charge in [-0.25, -0.2) is 0 Å². The Morgan fingerprint density at radius 2 is 1.10 bits per heavy atom. The Kier molecular flexibility index (Phi) is 4.89. The maximum atomic E-state index is 3.98. The zero-order chi connectivity index (χ0) is 14.2. The van der Waals surface area contributed by atoms with Crippen molar-refractivity contribution in [3.63, 3.8) is 0 Å². The monoisotopic (exact) mass is 266 g/mol. The molecule has 4 heteroatoms. The number of benzene rings is 2. The standard InChI is InChI=1S/C16H18N4/c1-17-13-7-3-5-9-15(13)19-11-12-20-16-10-6-4-8-14(16)18-2/h3-10,19-20H,1-2,11-12H2. The summed E-state index contributed by atoms with van der Waals surface area (Å²) < 4.78 is 0. The van der Waals surface area contributed by atoms with Gasteiger partial charge in [-0.15, -0.1) is 0 Å². The van der Waals surface area contributed by atoms with Crippen molar-refractivity contribution in [2.75, 3.05) is 23.7 Å². The second kappa shape index (κ2) is 7.09. The molecule has 0 aliphatic rings. The Balaban J connectivity index is 1.87. The lowest BCUT2D eigenvalue weighted by atomic mass is 10.2. The van der Waals surface area contributed by atoms with Gasteiger partial charge in [-0.3, -0.25) is 9.98 Å². The van der Waals surface area contributed by atoms with Crippen molar-refractivity contribution in [3.8, 4) is 0 Å². The fourth-order valence-electron chi connectivity index (χ4n) is 1.92. The van der Waals surface area contributed by atoms with Gasteiger partial charge in [0.1, 0.15) is 0 Å². The Morgan fingerprint density at radius 1 is 0.700 bits per heavy atom. The third-order valence-electron chi connectivity index (χ3n) is 2.90. The van der Waals surface area contributed by atoms with Crippen molar-refractivity contribution in [1.29, 1.82) is 0 Å².